The predicted octanol–water partition coefficient (Wildman–Crippen LogP) is 2.65. The summed E-state index contributed by atoms with van der Waals surface area (Å²) in [6.45, 7) is 2.70. The predicted molar refractivity (Wildman–Crippen MR) is 109 cm³/mol. The number of nitrogens with one attached hydrogen (secondary N) is 1. The molecule has 1 fully saturated rings. The Kier molecular flexibility index (Phi) is 6.88. The molecule has 152 valence electrons. The van der Waals surface area contributed by atoms with Gasteiger partial charge in [-0.25, -0.2) is 8.93 Å². The van der Waals surface area contributed by atoms with Crippen molar-refractivity contribution in [2.75, 3.05) is 13.2 Å². The smallest absolute Gasteiger partial charge is 0.254 e. The highest BCUT2D eigenvalue weighted by Gasteiger charge is 2.22. The molecule has 0 bridgehead atoms. The zero-order chi connectivity index (χ0) is 20.1. The fourth-order valence-electron chi connectivity index (χ4n) is 3.09. The molecule has 2 N–H and O–H groups in total. The molecule has 7 nitrogen and oxygen atoms in total. The SMILES string of the molecule is CCOc1cc(=O)n(C)cc1-c1cc(CCNS(=O)O)ccc1OC1CCC1. The Morgan fingerprint density at radius 1 is 1.25 bits per heavy atom. The lowest BCUT2D eigenvalue weighted by molar-refractivity contribution is 0.121. The van der Waals surface area contributed by atoms with E-state index in [1.54, 1.807) is 13.2 Å². The Bertz CT molecular complexity index is 908. The fourth-order valence-corrected chi connectivity index (χ4v) is 3.36. The highest BCUT2D eigenvalue weighted by molar-refractivity contribution is 7.77. The molecule has 0 radical (unpaired) electrons. The molecule has 1 atom stereocenters. The van der Waals surface area contributed by atoms with Crippen LogP contribution in [-0.4, -0.2) is 32.6 Å². The zero-order valence-electron chi connectivity index (χ0n) is 16.1. The van der Waals surface area contributed by atoms with Crippen molar-refractivity contribution in [1.82, 2.24) is 9.29 Å². The van der Waals surface area contributed by atoms with Crippen LogP contribution >= 0.6 is 0 Å². The molecule has 1 aliphatic carbocycles. The molecule has 2 aromatic rings. The van der Waals surface area contributed by atoms with Crippen LogP contribution in [-0.2, 0) is 24.7 Å². The molecule has 1 heterocycles. The monoisotopic (exact) mass is 406 g/mol. The normalized spacial score (nSPS) is 15.1. The maximum Gasteiger partial charge on any atom is 0.254 e. The molecule has 1 aliphatic rings. The highest BCUT2D eigenvalue weighted by Crippen LogP contribution is 2.38. The van der Waals surface area contributed by atoms with Crippen LogP contribution in [0.15, 0.2) is 35.3 Å². The fraction of sp³-hybridized carbons (Fsp3) is 0.450. The molecular weight excluding hydrogens is 380 g/mol. The van der Waals surface area contributed by atoms with Gasteiger partial charge in [0.1, 0.15) is 11.5 Å². The summed E-state index contributed by atoms with van der Waals surface area (Å²) in [5.74, 6) is 1.28. The summed E-state index contributed by atoms with van der Waals surface area (Å²) in [6.07, 6.45) is 5.82. The van der Waals surface area contributed by atoms with Crippen LogP contribution < -0.4 is 19.8 Å². The van der Waals surface area contributed by atoms with Crippen molar-refractivity contribution in [3.63, 3.8) is 0 Å². The van der Waals surface area contributed by atoms with E-state index in [4.69, 9.17) is 14.0 Å². The lowest BCUT2D eigenvalue weighted by Crippen LogP contribution is -2.25. The number of nitrogens with zero attached hydrogens (tertiary/aromatic N) is 1. The molecule has 0 spiro atoms. The third kappa shape index (κ3) is 5.01. The van der Waals surface area contributed by atoms with Crippen molar-refractivity contribution in [1.29, 1.82) is 0 Å². The lowest BCUT2D eigenvalue weighted by atomic mass is 9.95. The number of rotatable bonds is 9. The maximum atomic E-state index is 12.1. The van der Waals surface area contributed by atoms with Crippen LogP contribution in [0.3, 0.4) is 0 Å². The van der Waals surface area contributed by atoms with Crippen molar-refractivity contribution >= 4 is 11.3 Å². The van der Waals surface area contributed by atoms with E-state index in [1.165, 1.54) is 17.1 Å². The molecule has 8 heteroatoms. The number of hydrogen-bond donors (Lipinski definition) is 2. The minimum Gasteiger partial charge on any atom is -0.493 e. The first-order valence-electron chi connectivity index (χ1n) is 9.45. The zero-order valence-corrected chi connectivity index (χ0v) is 17.0. The maximum absolute atomic E-state index is 12.1. The number of benzene rings is 1. The van der Waals surface area contributed by atoms with E-state index in [9.17, 15) is 9.00 Å². The first kappa shape index (κ1) is 20.6. The molecule has 3 rings (SSSR count). The number of aromatic nitrogens is 1. The summed E-state index contributed by atoms with van der Waals surface area (Å²) in [6, 6.07) is 7.38. The van der Waals surface area contributed by atoms with E-state index in [0.717, 1.165) is 35.3 Å². The number of hydrogen-bond acceptors (Lipinski definition) is 4. The highest BCUT2D eigenvalue weighted by atomic mass is 32.2. The van der Waals surface area contributed by atoms with Gasteiger partial charge in [0.15, 0.2) is 0 Å². The quantitative estimate of drug-likeness (QED) is 0.625. The van der Waals surface area contributed by atoms with E-state index in [1.807, 2.05) is 25.1 Å². The van der Waals surface area contributed by atoms with Crippen molar-refractivity contribution in [2.24, 2.45) is 7.05 Å². The third-order valence-electron chi connectivity index (χ3n) is 4.81. The van der Waals surface area contributed by atoms with E-state index in [-0.39, 0.29) is 11.7 Å². The lowest BCUT2D eigenvalue weighted by Gasteiger charge is -2.28. The Morgan fingerprint density at radius 3 is 2.68 bits per heavy atom. The van der Waals surface area contributed by atoms with E-state index < -0.39 is 11.3 Å². The van der Waals surface area contributed by atoms with Gasteiger partial charge < -0.3 is 14.0 Å². The van der Waals surface area contributed by atoms with Crippen LogP contribution in [0.5, 0.6) is 11.5 Å². The Labute approximate surface area is 167 Å². The van der Waals surface area contributed by atoms with Gasteiger partial charge in [0.05, 0.1) is 12.7 Å². The Morgan fingerprint density at radius 2 is 2.04 bits per heavy atom. The van der Waals surface area contributed by atoms with Gasteiger partial charge in [0, 0.05) is 37.0 Å². The van der Waals surface area contributed by atoms with E-state index in [2.05, 4.69) is 4.72 Å². The summed E-state index contributed by atoms with van der Waals surface area (Å²) in [7, 11) is 1.71. The van der Waals surface area contributed by atoms with Gasteiger partial charge in [0.2, 0.25) is 11.3 Å². The largest absolute Gasteiger partial charge is 0.493 e. The standard InChI is InChI=1S/C20H26N2O5S/c1-3-26-19-12-20(23)22(2)13-17(19)16-11-14(9-10-21-28(24)25)7-8-18(16)27-15-5-4-6-15/h7-8,11-13,15,21H,3-6,9-10H2,1-2H3,(H,24,25). The second kappa shape index (κ2) is 9.36. The van der Waals surface area contributed by atoms with Gasteiger partial charge in [0.25, 0.3) is 5.56 Å². The third-order valence-corrected chi connectivity index (χ3v) is 5.26. The minimum atomic E-state index is -2.03. The van der Waals surface area contributed by atoms with Crippen LogP contribution in [0, 0.1) is 0 Å². The average Bonchev–Trinajstić information content (AvgIpc) is 2.62. The van der Waals surface area contributed by atoms with Gasteiger partial charge in [-0.15, -0.1) is 0 Å². The number of ether oxygens (including phenoxy) is 2. The molecule has 1 aromatic heterocycles. The number of aryl methyl sites for hydroxylation is 1. The summed E-state index contributed by atoms with van der Waals surface area (Å²) >= 11 is -2.03. The molecule has 1 saturated carbocycles. The molecule has 0 amide bonds. The summed E-state index contributed by atoms with van der Waals surface area (Å²) < 4.78 is 35.6. The van der Waals surface area contributed by atoms with Crippen molar-refractivity contribution in [3.05, 3.63) is 46.4 Å². The topological polar surface area (TPSA) is 89.8 Å². The Hall–Kier alpha value is -2.16. The average molecular weight is 407 g/mol. The summed E-state index contributed by atoms with van der Waals surface area (Å²) in [5, 5.41) is 0. The van der Waals surface area contributed by atoms with Crippen LogP contribution in [0.1, 0.15) is 31.7 Å². The van der Waals surface area contributed by atoms with E-state index >= 15 is 0 Å². The Balaban J connectivity index is 2.01. The van der Waals surface area contributed by atoms with Gasteiger partial charge in [-0.3, -0.25) is 9.35 Å². The van der Waals surface area contributed by atoms with Gasteiger partial charge in [-0.1, -0.05) is 6.07 Å². The second-order valence-electron chi connectivity index (χ2n) is 6.83. The molecule has 1 aromatic carbocycles. The van der Waals surface area contributed by atoms with Gasteiger partial charge >= 0.3 is 0 Å². The first-order chi connectivity index (χ1) is 13.5. The summed E-state index contributed by atoms with van der Waals surface area (Å²) in [5.41, 5.74) is 2.50. The minimum absolute atomic E-state index is 0.139. The molecule has 0 aliphatic heterocycles. The molecule has 1 unspecified atom stereocenters. The van der Waals surface area contributed by atoms with Crippen molar-refractivity contribution < 1.29 is 18.2 Å². The molecule has 28 heavy (non-hydrogen) atoms. The first-order valence-corrected chi connectivity index (χ1v) is 10.6. The van der Waals surface area contributed by atoms with Crippen LogP contribution in [0.25, 0.3) is 11.1 Å². The van der Waals surface area contributed by atoms with Crippen LogP contribution in [0.2, 0.25) is 0 Å². The molecular formula is C20H26N2O5S. The summed E-state index contributed by atoms with van der Waals surface area (Å²) in [4.78, 5) is 12.1. The van der Waals surface area contributed by atoms with E-state index in [0.29, 0.717) is 25.3 Å². The second-order valence-corrected chi connectivity index (χ2v) is 7.62. The van der Waals surface area contributed by atoms with Crippen LogP contribution in [0.4, 0.5) is 0 Å². The van der Waals surface area contributed by atoms with Crippen molar-refractivity contribution in [2.45, 2.75) is 38.7 Å². The molecule has 0 saturated heterocycles. The van der Waals surface area contributed by atoms with Gasteiger partial charge in [-0.2, -0.15) is 0 Å². The number of pyridine rings is 1. The van der Waals surface area contributed by atoms with Gasteiger partial charge in [-0.05, 0) is 50.3 Å². The van der Waals surface area contributed by atoms with Crippen molar-refractivity contribution in [3.8, 4) is 22.6 Å².